The Kier molecular flexibility index (Phi) is 6.78. The van der Waals surface area contributed by atoms with Gasteiger partial charge in [-0.1, -0.05) is 68.3 Å². The molecule has 0 spiro atoms. The minimum atomic E-state index is 0.438. The van der Waals surface area contributed by atoms with Crippen molar-refractivity contribution in [2.75, 3.05) is 0 Å². The van der Waals surface area contributed by atoms with Gasteiger partial charge in [0.25, 0.3) is 0 Å². The average molecular weight is 442 g/mol. The normalized spacial score (nSPS) is 11.8. The van der Waals surface area contributed by atoms with E-state index in [0.717, 1.165) is 50.9 Å². The number of pyridine rings is 1. The van der Waals surface area contributed by atoms with Gasteiger partial charge in [-0.2, -0.15) is 0 Å². The molecule has 3 aromatic carbocycles. The first kappa shape index (κ1) is 21.9. The van der Waals surface area contributed by atoms with E-state index in [1.54, 1.807) is 5.41 Å². The van der Waals surface area contributed by atoms with Crippen LogP contribution in [0.4, 0.5) is 0 Å². The van der Waals surface area contributed by atoms with Gasteiger partial charge in [0.2, 0.25) is 0 Å². The lowest BCUT2D eigenvalue weighted by Gasteiger charge is -2.13. The van der Waals surface area contributed by atoms with E-state index in [4.69, 9.17) is 15.6 Å². The lowest BCUT2D eigenvalue weighted by Crippen LogP contribution is -1.99. The Morgan fingerprint density at radius 2 is 1.84 bits per heavy atom. The van der Waals surface area contributed by atoms with Crippen LogP contribution in [-0.4, -0.2) is 4.98 Å². The minimum Gasteiger partial charge on any atom is -0.489 e. The van der Waals surface area contributed by atoms with Crippen molar-refractivity contribution in [3.8, 4) is 16.9 Å². The van der Waals surface area contributed by atoms with Crippen molar-refractivity contribution >= 4 is 28.5 Å². The van der Waals surface area contributed by atoms with E-state index in [1.807, 2.05) is 48.7 Å². The molecule has 0 radical (unpaired) electrons. The summed E-state index contributed by atoms with van der Waals surface area (Å²) < 4.78 is 6.10. The molecule has 4 nitrogen and oxygen atoms in total. The monoisotopic (exact) mass is 441 g/mol. The highest BCUT2D eigenvalue weighted by molar-refractivity contribution is 8.00. The summed E-state index contributed by atoms with van der Waals surface area (Å²) in [6, 6.07) is 24.8. The molecule has 0 amide bonds. The molecule has 32 heavy (non-hydrogen) atoms. The third kappa shape index (κ3) is 4.96. The van der Waals surface area contributed by atoms with Crippen molar-refractivity contribution in [3.05, 3.63) is 101 Å². The average Bonchev–Trinajstić information content (AvgIpc) is 2.82. The van der Waals surface area contributed by atoms with E-state index >= 15 is 0 Å². The Morgan fingerprint density at radius 1 is 1.03 bits per heavy atom. The zero-order valence-electron chi connectivity index (χ0n) is 18.3. The Morgan fingerprint density at radius 3 is 2.59 bits per heavy atom. The molecular weight excluding hydrogens is 414 g/mol. The van der Waals surface area contributed by atoms with Crippen LogP contribution in [0, 0.1) is 0 Å². The van der Waals surface area contributed by atoms with Gasteiger partial charge in [0.15, 0.2) is 0 Å². The van der Waals surface area contributed by atoms with Crippen molar-refractivity contribution in [2.45, 2.75) is 26.4 Å². The summed E-state index contributed by atoms with van der Waals surface area (Å²) in [4.78, 5) is 4.65. The molecule has 0 unspecified atom stereocenters. The van der Waals surface area contributed by atoms with Gasteiger partial charge in [-0.25, -0.2) is 0 Å². The molecule has 1 aromatic heterocycles. The Hall–Kier alpha value is -3.28. The molecule has 0 saturated carbocycles. The van der Waals surface area contributed by atoms with Gasteiger partial charge in [0, 0.05) is 28.3 Å². The highest BCUT2D eigenvalue weighted by Crippen LogP contribution is 2.33. The summed E-state index contributed by atoms with van der Waals surface area (Å²) in [6.45, 7) is 4.90. The molecular formula is C27H27N3OS. The van der Waals surface area contributed by atoms with Crippen molar-refractivity contribution in [1.29, 1.82) is 0 Å². The van der Waals surface area contributed by atoms with Gasteiger partial charge in [-0.05, 0) is 58.5 Å². The van der Waals surface area contributed by atoms with Crippen molar-refractivity contribution in [2.24, 2.45) is 10.9 Å². The van der Waals surface area contributed by atoms with Crippen LogP contribution in [0.15, 0.2) is 84.4 Å². The largest absolute Gasteiger partial charge is 0.489 e. The second kappa shape index (κ2) is 9.90. The molecule has 0 fully saturated rings. The topological polar surface area (TPSA) is 74.2 Å². The summed E-state index contributed by atoms with van der Waals surface area (Å²) in [6.07, 6.45) is 1.85. The number of fused-ring (bicyclic) bond motifs is 1. The quantitative estimate of drug-likeness (QED) is 0.322. The first-order valence-corrected chi connectivity index (χ1v) is 11.5. The van der Waals surface area contributed by atoms with E-state index in [9.17, 15) is 0 Å². The number of ether oxygens (including phenoxy) is 1. The van der Waals surface area contributed by atoms with Crippen LogP contribution in [0.1, 0.15) is 36.5 Å². The summed E-state index contributed by atoms with van der Waals surface area (Å²) in [5, 5.41) is 8.33. The fourth-order valence-electron chi connectivity index (χ4n) is 3.62. The standard InChI is InChI=1S/C27H27N3OS/c1-18(2)23-13-22-6-4-12-30-27(22)25(15-23)21-5-3-7-24(14-21)31-16-19-8-10-20(11-9-19)26(28)17-32-29/h3-15,17-18H,16,28-29H2,1-2H3/b26-17-. The Balaban J connectivity index is 1.58. The molecule has 0 aliphatic rings. The van der Waals surface area contributed by atoms with Crippen LogP contribution < -0.4 is 15.6 Å². The molecule has 0 atom stereocenters. The van der Waals surface area contributed by atoms with Crippen LogP contribution in [0.3, 0.4) is 0 Å². The molecule has 0 aliphatic carbocycles. The zero-order chi connectivity index (χ0) is 22.5. The third-order valence-electron chi connectivity index (χ3n) is 5.43. The van der Waals surface area contributed by atoms with Gasteiger partial charge in [-0.3, -0.25) is 10.1 Å². The zero-order valence-corrected chi connectivity index (χ0v) is 19.1. The van der Waals surface area contributed by atoms with E-state index < -0.39 is 0 Å². The molecule has 162 valence electrons. The summed E-state index contributed by atoms with van der Waals surface area (Å²) in [7, 11) is 0. The van der Waals surface area contributed by atoms with Crippen molar-refractivity contribution in [1.82, 2.24) is 4.98 Å². The van der Waals surface area contributed by atoms with E-state index in [0.29, 0.717) is 18.2 Å². The minimum absolute atomic E-state index is 0.438. The summed E-state index contributed by atoms with van der Waals surface area (Å²) in [5.41, 5.74) is 13.2. The van der Waals surface area contributed by atoms with Crippen molar-refractivity contribution < 1.29 is 4.74 Å². The highest BCUT2D eigenvalue weighted by Gasteiger charge is 2.11. The van der Waals surface area contributed by atoms with Crippen LogP contribution in [0.5, 0.6) is 5.75 Å². The summed E-state index contributed by atoms with van der Waals surface area (Å²) in [5.74, 6) is 1.26. The van der Waals surface area contributed by atoms with Crippen LogP contribution in [-0.2, 0) is 6.61 Å². The van der Waals surface area contributed by atoms with Gasteiger partial charge >= 0.3 is 0 Å². The van der Waals surface area contributed by atoms with Gasteiger partial charge in [-0.15, -0.1) is 0 Å². The molecule has 1 heterocycles. The molecule has 0 saturated heterocycles. The smallest absolute Gasteiger partial charge is 0.120 e. The molecule has 4 N–H and O–H groups in total. The molecule has 0 aliphatic heterocycles. The number of benzene rings is 3. The van der Waals surface area contributed by atoms with Crippen LogP contribution in [0.2, 0.25) is 0 Å². The number of hydrogen-bond donors (Lipinski definition) is 2. The maximum atomic E-state index is 6.10. The van der Waals surface area contributed by atoms with Gasteiger partial charge in [0.1, 0.15) is 12.4 Å². The number of rotatable bonds is 7. The maximum Gasteiger partial charge on any atom is 0.120 e. The first-order valence-electron chi connectivity index (χ1n) is 10.6. The lowest BCUT2D eigenvalue weighted by molar-refractivity contribution is 0.306. The fourth-order valence-corrected chi connectivity index (χ4v) is 3.91. The van der Waals surface area contributed by atoms with Crippen LogP contribution in [0.25, 0.3) is 27.7 Å². The predicted molar refractivity (Wildman–Crippen MR) is 136 cm³/mol. The Bertz CT molecular complexity index is 1250. The van der Waals surface area contributed by atoms with E-state index in [2.05, 4.69) is 49.2 Å². The highest BCUT2D eigenvalue weighted by atomic mass is 32.2. The SMILES string of the molecule is CC(C)c1cc(-c2cccc(OCc3ccc(/C(N)=C/SN)cc3)c2)c2ncccc2c1. The molecule has 4 aromatic rings. The number of nitrogens with zero attached hydrogens (tertiary/aromatic N) is 1. The first-order chi connectivity index (χ1) is 15.5. The maximum absolute atomic E-state index is 6.10. The number of aromatic nitrogens is 1. The van der Waals surface area contributed by atoms with Gasteiger partial charge < -0.3 is 10.5 Å². The van der Waals surface area contributed by atoms with Gasteiger partial charge in [0.05, 0.1) is 5.52 Å². The number of nitrogens with two attached hydrogens (primary N) is 2. The molecule has 5 heteroatoms. The fraction of sp³-hybridized carbons (Fsp3) is 0.148. The Labute approximate surface area is 193 Å². The number of hydrogen-bond acceptors (Lipinski definition) is 5. The summed E-state index contributed by atoms with van der Waals surface area (Å²) >= 11 is 1.10. The second-order valence-corrected chi connectivity index (χ2v) is 8.53. The molecule has 0 bridgehead atoms. The second-order valence-electron chi connectivity index (χ2n) is 8.02. The predicted octanol–water partition coefficient (Wildman–Crippen LogP) is 6.47. The van der Waals surface area contributed by atoms with E-state index in [-0.39, 0.29) is 0 Å². The van der Waals surface area contributed by atoms with E-state index in [1.165, 1.54) is 5.56 Å². The van der Waals surface area contributed by atoms with Crippen molar-refractivity contribution in [3.63, 3.8) is 0 Å². The van der Waals surface area contributed by atoms with Crippen LogP contribution >= 0.6 is 11.9 Å². The lowest BCUT2D eigenvalue weighted by atomic mass is 9.94. The third-order valence-corrected chi connectivity index (χ3v) is 5.82. The molecule has 4 rings (SSSR count).